The number of Topliss-reactive ketones (excluding diaryl/α,β-unsaturated/α-hetero) is 1. The summed E-state index contributed by atoms with van der Waals surface area (Å²) >= 11 is 0. The first-order valence-electron chi connectivity index (χ1n) is 9.17. The molecule has 0 unspecified atom stereocenters. The summed E-state index contributed by atoms with van der Waals surface area (Å²) in [7, 11) is 0. The van der Waals surface area contributed by atoms with Gasteiger partial charge in [-0.25, -0.2) is 9.37 Å². The number of ketones is 1. The second-order valence-electron chi connectivity index (χ2n) is 7.04. The van der Waals surface area contributed by atoms with Crippen LogP contribution in [0.5, 0.6) is 5.88 Å². The Morgan fingerprint density at radius 2 is 2.04 bits per heavy atom. The number of aromatic nitrogens is 1. The van der Waals surface area contributed by atoms with Gasteiger partial charge < -0.3 is 10.1 Å². The molecule has 1 aromatic heterocycles. The van der Waals surface area contributed by atoms with Crippen molar-refractivity contribution in [2.24, 2.45) is 5.92 Å². The third kappa shape index (κ3) is 4.47. The van der Waals surface area contributed by atoms with Gasteiger partial charge in [-0.15, -0.1) is 0 Å². The first kappa shape index (κ1) is 18.5. The Kier molecular flexibility index (Phi) is 5.99. The van der Waals surface area contributed by atoms with Crippen LogP contribution >= 0.6 is 0 Å². The van der Waals surface area contributed by atoms with Crippen LogP contribution in [0.3, 0.4) is 0 Å². The number of piperidine rings is 1. The van der Waals surface area contributed by atoms with Gasteiger partial charge in [-0.2, -0.15) is 0 Å². The first-order valence-corrected chi connectivity index (χ1v) is 9.17. The molecule has 1 aromatic carbocycles. The fourth-order valence-corrected chi connectivity index (χ4v) is 3.16. The number of pyridine rings is 1. The van der Waals surface area contributed by atoms with Crippen molar-refractivity contribution < 1.29 is 13.9 Å². The number of nitrogens with one attached hydrogen (secondary N) is 1. The number of hydrogen-bond donors (Lipinski definition) is 1. The van der Waals surface area contributed by atoms with Gasteiger partial charge in [0.15, 0.2) is 5.78 Å². The maximum Gasteiger partial charge on any atom is 0.213 e. The van der Waals surface area contributed by atoms with Gasteiger partial charge in [0.25, 0.3) is 0 Å². The molecule has 1 saturated heterocycles. The number of carbonyl (C=O) groups is 1. The minimum absolute atomic E-state index is 0.0623. The lowest BCUT2D eigenvalue weighted by molar-refractivity contribution is 0.0939. The first-order chi connectivity index (χ1) is 12.5. The predicted molar refractivity (Wildman–Crippen MR) is 99.0 cm³/mol. The molecule has 1 fully saturated rings. The van der Waals surface area contributed by atoms with E-state index in [1.165, 1.54) is 6.07 Å². The van der Waals surface area contributed by atoms with Crippen molar-refractivity contribution in [2.75, 3.05) is 13.1 Å². The molecule has 0 aliphatic carbocycles. The fraction of sp³-hybridized carbons (Fsp3) is 0.429. The van der Waals surface area contributed by atoms with Crippen molar-refractivity contribution in [2.45, 2.75) is 39.2 Å². The van der Waals surface area contributed by atoms with Gasteiger partial charge in [0.1, 0.15) is 12.4 Å². The maximum atomic E-state index is 14.3. The second-order valence-corrected chi connectivity index (χ2v) is 7.04. The summed E-state index contributed by atoms with van der Waals surface area (Å²) in [5.74, 6) is 0.303. The highest BCUT2D eigenvalue weighted by molar-refractivity contribution is 5.97. The molecule has 2 aromatic rings. The van der Waals surface area contributed by atoms with Crippen LogP contribution < -0.4 is 10.1 Å². The van der Waals surface area contributed by atoms with E-state index < -0.39 is 5.82 Å². The Morgan fingerprint density at radius 3 is 2.73 bits per heavy atom. The van der Waals surface area contributed by atoms with Crippen LogP contribution in [0.2, 0.25) is 0 Å². The standard InChI is InChI=1S/C21H25FN2O2/c1-14(2)21(25)16-6-7-17(18(22)12-16)13-26-20-5-3-4-19(24-20)15-8-10-23-11-9-15/h3-7,12,14-15,23H,8-11,13H2,1-2H3. The molecule has 138 valence electrons. The topological polar surface area (TPSA) is 51.2 Å². The van der Waals surface area contributed by atoms with E-state index in [1.54, 1.807) is 32.0 Å². The third-order valence-electron chi connectivity index (χ3n) is 4.74. The van der Waals surface area contributed by atoms with Crippen LogP contribution in [0.15, 0.2) is 36.4 Å². The molecule has 26 heavy (non-hydrogen) atoms. The predicted octanol–water partition coefficient (Wildman–Crippen LogP) is 4.11. The minimum Gasteiger partial charge on any atom is -0.473 e. The van der Waals surface area contributed by atoms with Gasteiger partial charge in [-0.1, -0.05) is 32.0 Å². The molecule has 1 N–H and O–H groups in total. The molecule has 0 radical (unpaired) electrons. The highest BCUT2D eigenvalue weighted by Crippen LogP contribution is 2.25. The van der Waals surface area contributed by atoms with Crippen LogP contribution in [0, 0.1) is 11.7 Å². The van der Waals surface area contributed by atoms with Crippen molar-refractivity contribution in [1.29, 1.82) is 0 Å². The van der Waals surface area contributed by atoms with Crippen molar-refractivity contribution in [3.8, 4) is 5.88 Å². The SMILES string of the molecule is CC(C)C(=O)c1ccc(COc2cccc(C3CCNCC3)n2)c(F)c1. The summed E-state index contributed by atoms with van der Waals surface area (Å²) in [6.07, 6.45) is 2.13. The molecule has 0 amide bonds. The van der Waals surface area contributed by atoms with Gasteiger partial charge in [0, 0.05) is 34.7 Å². The Bertz CT molecular complexity index is 770. The molecule has 1 aliphatic heterocycles. The third-order valence-corrected chi connectivity index (χ3v) is 4.74. The average molecular weight is 356 g/mol. The van der Waals surface area contributed by atoms with Crippen molar-refractivity contribution in [3.63, 3.8) is 0 Å². The number of benzene rings is 1. The van der Waals surface area contributed by atoms with Gasteiger partial charge in [0.05, 0.1) is 0 Å². The molecular formula is C21H25FN2O2. The number of rotatable bonds is 6. The Hall–Kier alpha value is -2.27. The highest BCUT2D eigenvalue weighted by atomic mass is 19.1. The maximum absolute atomic E-state index is 14.3. The van der Waals surface area contributed by atoms with Crippen molar-refractivity contribution in [1.82, 2.24) is 10.3 Å². The van der Waals surface area contributed by atoms with Crippen molar-refractivity contribution >= 4 is 5.78 Å². The van der Waals surface area contributed by atoms with Gasteiger partial charge in [0.2, 0.25) is 5.88 Å². The molecule has 0 spiro atoms. The van der Waals surface area contributed by atoms with E-state index in [4.69, 9.17) is 4.74 Å². The quantitative estimate of drug-likeness (QED) is 0.792. The zero-order chi connectivity index (χ0) is 18.5. The van der Waals surface area contributed by atoms with Crippen LogP contribution in [0.4, 0.5) is 4.39 Å². The van der Waals surface area contributed by atoms with Crippen LogP contribution in [0.1, 0.15) is 54.2 Å². The van der Waals surface area contributed by atoms with Crippen LogP contribution in [-0.2, 0) is 6.61 Å². The monoisotopic (exact) mass is 356 g/mol. The number of nitrogens with zero attached hydrogens (tertiary/aromatic N) is 1. The Morgan fingerprint density at radius 1 is 1.27 bits per heavy atom. The van der Waals surface area contributed by atoms with Crippen LogP contribution in [-0.4, -0.2) is 23.9 Å². The molecule has 0 bridgehead atoms. The summed E-state index contributed by atoms with van der Waals surface area (Å²) in [4.78, 5) is 16.5. The number of ether oxygens (including phenoxy) is 1. The summed E-state index contributed by atoms with van der Waals surface area (Å²) in [5.41, 5.74) is 1.84. The zero-order valence-corrected chi connectivity index (χ0v) is 15.3. The molecule has 2 heterocycles. The molecule has 3 rings (SSSR count). The molecule has 4 nitrogen and oxygen atoms in total. The number of halogens is 1. The summed E-state index contributed by atoms with van der Waals surface area (Å²) in [6.45, 7) is 5.70. The zero-order valence-electron chi connectivity index (χ0n) is 15.3. The van der Waals surface area contributed by atoms with E-state index in [2.05, 4.69) is 10.3 Å². The van der Waals surface area contributed by atoms with Crippen LogP contribution in [0.25, 0.3) is 0 Å². The molecule has 1 aliphatic rings. The summed E-state index contributed by atoms with van der Waals surface area (Å²) < 4.78 is 20.0. The van der Waals surface area contributed by atoms with E-state index in [0.717, 1.165) is 31.6 Å². The molecule has 0 saturated carbocycles. The number of carbonyl (C=O) groups excluding carboxylic acids is 1. The molecular weight excluding hydrogens is 331 g/mol. The van der Waals surface area contributed by atoms with E-state index in [1.807, 2.05) is 12.1 Å². The largest absolute Gasteiger partial charge is 0.473 e. The van der Waals surface area contributed by atoms with Gasteiger partial charge in [-0.05, 0) is 38.1 Å². The van der Waals surface area contributed by atoms with E-state index in [-0.39, 0.29) is 18.3 Å². The normalized spacial score (nSPS) is 15.2. The molecule has 5 heteroatoms. The van der Waals surface area contributed by atoms with Gasteiger partial charge in [-0.3, -0.25) is 4.79 Å². The highest BCUT2D eigenvalue weighted by Gasteiger charge is 2.17. The van der Waals surface area contributed by atoms with Gasteiger partial charge >= 0.3 is 0 Å². The lowest BCUT2D eigenvalue weighted by Gasteiger charge is -2.22. The minimum atomic E-state index is -0.425. The van der Waals surface area contributed by atoms with E-state index >= 15 is 0 Å². The second kappa shape index (κ2) is 8.41. The van der Waals surface area contributed by atoms with Crippen molar-refractivity contribution in [3.05, 3.63) is 59.0 Å². The lowest BCUT2D eigenvalue weighted by atomic mass is 9.94. The summed E-state index contributed by atoms with van der Waals surface area (Å²) in [5, 5.41) is 3.35. The Balaban J connectivity index is 1.66. The van der Waals surface area contributed by atoms with E-state index in [0.29, 0.717) is 22.9 Å². The summed E-state index contributed by atoms with van der Waals surface area (Å²) in [6, 6.07) is 10.3. The molecule has 0 atom stereocenters. The Labute approximate surface area is 153 Å². The average Bonchev–Trinajstić information content (AvgIpc) is 2.67. The van der Waals surface area contributed by atoms with E-state index in [9.17, 15) is 9.18 Å². The lowest BCUT2D eigenvalue weighted by Crippen LogP contribution is -2.27. The fourth-order valence-electron chi connectivity index (χ4n) is 3.16. The number of hydrogen-bond acceptors (Lipinski definition) is 4. The smallest absolute Gasteiger partial charge is 0.213 e.